The minimum absolute atomic E-state index is 0. The molecule has 0 aromatic carbocycles. The molecule has 0 unspecified atom stereocenters. The van der Waals surface area contributed by atoms with Gasteiger partial charge in [-0.25, -0.2) is 0 Å². The average Bonchev–Trinajstić information content (AvgIpc) is 2.19. The molecule has 1 spiro atoms. The molecular weight excluding hydrogens is 229 g/mol. The molecule has 2 aliphatic heterocycles. The summed E-state index contributed by atoms with van der Waals surface area (Å²) in [5.41, 5.74) is 0. The first-order chi connectivity index (χ1) is 7.15. The molecule has 16 heavy (non-hydrogen) atoms. The summed E-state index contributed by atoms with van der Waals surface area (Å²) in [4.78, 5) is 0. The summed E-state index contributed by atoms with van der Waals surface area (Å²) < 4.78 is 40.9. The highest BCUT2D eigenvalue weighted by Gasteiger charge is 2.32. The van der Waals surface area contributed by atoms with Gasteiger partial charge in [-0.1, -0.05) is 0 Å². The number of hydrogen-bond donors (Lipinski definition) is 0. The molecule has 0 saturated carbocycles. The van der Waals surface area contributed by atoms with E-state index in [0.29, 0.717) is 0 Å². The van der Waals surface area contributed by atoms with Crippen molar-refractivity contribution in [2.45, 2.75) is 0 Å². The molecule has 0 radical (unpaired) electrons. The van der Waals surface area contributed by atoms with Gasteiger partial charge in [-0.3, -0.25) is 12.9 Å². The van der Waals surface area contributed by atoms with E-state index in [0.717, 1.165) is 26.4 Å². The fourth-order valence-electron chi connectivity index (χ4n) is 1.91. The summed E-state index contributed by atoms with van der Waals surface area (Å²) in [6, 6.07) is 0. The van der Waals surface area contributed by atoms with Gasteiger partial charge in [0, 0.05) is 0 Å². The molecule has 0 bridgehead atoms. The van der Waals surface area contributed by atoms with Crippen LogP contribution in [0.1, 0.15) is 0 Å². The second-order valence-corrected chi connectivity index (χ2v) is 3.71. The fraction of sp³-hybridized carbons (Fsp3) is 1.00. The summed E-state index contributed by atoms with van der Waals surface area (Å²) in [7, 11) is -3.67. The van der Waals surface area contributed by atoms with Gasteiger partial charge < -0.3 is 18.7 Å². The topological polar surface area (TPSA) is 18.5 Å². The van der Waals surface area contributed by atoms with Gasteiger partial charge in [0.05, 0.1) is 26.4 Å². The van der Waals surface area contributed by atoms with Crippen molar-refractivity contribution in [3.63, 3.8) is 0 Å². The Morgan fingerprint density at radius 1 is 0.750 bits per heavy atom. The lowest BCUT2D eigenvalue weighted by Crippen LogP contribution is -3.00. The van der Waals surface area contributed by atoms with Crippen LogP contribution in [0, 0.1) is 0 Å². The zero-order valence-electron chi connectivity index (χ0n) is 9.01. The van der Waals surface area contributed by atoms with Crippen LogP contribution < -0.4 is 4.70 Å². The normalized spacial score (nSPS) is 22.7. The van der Waals surface area contributed by atoms with E-state index in [9.17, 15) is 12.9 Å². The van der Waals surface area contributed by atoms with Crippen LogP contribution >= 0.6 is 0 Å². The first-order valence-electron chi connectivity index (χ1n) is 5.07. The van der Waals surface area contributed by atoms with E-state index in [1.807, 2.05) is 0 Å². The Bertz CT molecular complexity index is 153. The Morgan fingerprint density at radius 2 is 1.00 bits per heavy atom. The molecule has 0 amide bonds. The molecule has 2 fully saturated rings. The van der Waals surface area contributed by atoms with Crippen molar-refractivity contribution in [1.29, 1.82) is 0 Å². The van der Waals surface area contributed by atoms with E-state index in [1.165, 1.54) is 30.7 Å². The van der Waals surface area contributed by atoms with Crippen LogP contribution in [-0.2, 0) is 9.47 Å². The van der Waals surface area contributed by atoms with Crippen molar-refractivity contribution >= 4 is 7.54 Å². The number of rotatable bonds is 0. The molecule has 96 valence electrons. The number of ether oxygens (including phenoxy) is 2. The maximum atomic E-state index is 9.67. The second-order valence-electron chi connectivity index (χ2n) is 3.71. The zero-order chi connectivity index (χ0) is 11.1. The smallest absolute Gasteiger partial charge is 0.762 e. The maximum Gasteiger partial charge on any atom is 0.762 e. The van der Waals surface area contributed by atoms with Gasteiger partial charge in [0.2, 0.25) is 0 Å². The summed E-state index contributed by atoms with van der Waals surface area (Å²) in [6.07, 6.45) is 0. The number of hydrogen-bond acceptors (Lipinski definition) is 2. The lowest BCUT2D eigenvalue weighted by molar-refractivity contribution is -0.941. The molecule has 0 aliphatic carbocycles. The molecular formula is C8H16BF4NO2. The Hall–Kier alpha value is -0.335. The highest BCUT2D eigenvalue weighted by atomic mass is 19.4. The highest BCUT2D eigenvalue weighted by molar-refractivity contribution is 6.33. The van der Waals surface area contributed by atoms with Gasteiger partial charge >= 0.3 is 7.54 Å². The van der Waals surface area contributed by atoms with Crippen LogP contribution in [0.2, 0.25) is 0 Å². The first kappa shape index (κ1) is 15.7. The van der Waals surface area contributed by atoms with Gasteiger partial charge in [0.25, 0.3) is 0 Å². The first-order valence-corrected chi connectivity index (χ1v) is 5.07. The van der Waals surface area contributed by atoms with E-state index in [4.69, 9.17) is 9.47 Å². The third-order valence-electron chi connectivity index (χ3n) is 2.84. The monoisotopic (exact) mass is 245 g/mol. The van der Waals surface area contributed by atoms with E-state index >= 15 is 0 Å². The Kier molecular flexibility index (Phi) is 7.70. The number of quaternary nitrogens is 1. The molecule has 2 aliphatic rings. The third kappa shape index (κ3) is 5.67. The largest absolute Gasteiger partial charge is 1.00 e. The van der Waals surface area contributed by atoms with Gasteiger partial charge in [0.15, 0.2) is 0 Å². The van der Waals surface area contributed by atoms with Crippen LogP contribution in [0.25, 0.3) is 0 Å². The molecule has 2 saturated heterocycles. The highest BCUT2D eigenvalue weighted by Crippen LogP contribution is 2.13. The quantitative estimate of drug-likeness (QED) is 0.272. The molecule has 2 rings (SSSR count). The van der Waals surface area contributed by atoms with Crippen LogP contribution in [0.4, 0.5) is 12.9 Å². The van der Waals surface area contributed by atoms with Crippen molar-refractivity contribution in [1.82, 2.24) is 0 Å². The molecule has 0 N–H and O–H groups in total. The molecule has 0 aromatic heterocycles. The Labute approximate surface area is 92.7 Å². The molecule has 8 heteroatoms. The third-order valence-corrected chi connectivity index (χ3v) is 2.84. The second kappa shape index (κ2) is 7.86. The summed E-state index contributed by atoms with van der Waals surface area (Å²) in [6.45, 7) is 8.57. The summed E-state index contributed by atoms with van der Waals surface area (Å²) in [5.74, 6) is 0. The lowest BCUT2D eigenvalue weighted by Gasteiger charge is -2.43. The maximum absolute atomic E-state index is 9.67. The fourth-order valence-corrected chi connectivity index (χ4v) is 1.91. The Balaban J connectivity index is 0.000000397. The van der Waals surface area contributed by atoms with E-state index in [2.05, 4.69) is 0 Å². The molecule has 3 nitrogen and oxygen atoms in total. The van der Waals surface area contributed by atoms with Crippen LogP contribution in [0.15, 0.2) is 0 Å². The van der Waals surface area contributed by atoms with E-state index in [1.54, 1.807) is 0 Å². The average molecular weight is 245 g/mol. The minimum atomic E-state index is -3.67. The van der Waals surface area contributed by atoms with Gasteiger partial charge in [-0.2, -0.15) is 0 Å². The predicted octanol–water partition coefficient (Wildman–Crippen LogP) is -2.25. The number of morpholine rings is 2. The van der Waals surface area contributed by atoms with Crippen molar-refractivity contribution < 1.29 is 31.6 Å². The van der Waals surface area contributed by atoms with Crippen LogP contribution in [0.3, 0.4) is 0 Å². The summed E-state index contributed by atoms with van der Waals surface area (Å²) >= 11 is 0. The van der Waals surface area contributed by atoms with E-state index < -0.39 is 7.54 Å². The zero-order valence-corrected chi connectivity index (χ0v) is 9.01. The molecule has 2 heterocycles. The van der Waals surface area contributed by atoms with Crippen molar-refractivity contribution in [3.8, 4) is 0 Å². The summed E-state index contributed by atoms with van der Waals surface area (Å²) in [5, 5.41) is 0. The van der Waals surface area contributed by atoms with Crippen molar-refractivity contribution in [3.05, 3.63) is 0 Å². The molecule has 0 aromatic rings. The Morgan fingerprint density at radius 3 is 1.25 bits per heavy atom. The standard InChI is InChI=1S/C8H16NO2.BF3.FH/c1-5-10-6-2-9(1)3-7-11-8-4-9;2-1(3)4;/h1-8H2;;1H/q+1;;/p-1. The van der Waals surface area contributed by atoms with Gasteiger partial charge in [-0.15, -0.1) is 0 Å². The van der Waals surface area contributed by atoms with Crippen LogP contribution in [0.5, 0.6) is 0 Å². The molecule has 0 atom stereocenters. The lowest BCUT2D eigenvalue weighted by atomic mass is 10.2. The SMILES string of the molecule is C1C[N+]2(CCO1)CCOCC2.FB(F)F.[F-]. The minimum Gasteiger partial charge on any atom is -1.00 e. The van der Waals surface area contributed by atoms with Crippen LogP contribution in [-0.4, -0.2) is 64.6 Å². The van der Waals surface area contributed by atoms with Gasteiger partial charge in [0.1, 0.15) is 26.2 Å². The number of halogens is 4. The number of nitrogens with zero attached hydrogens (tertiary/aromatic N) is 1. The van der Waals surface area contributed by atoms with E-state index in [-0.39, 0.29) is 4.70 Å². The van der Waals surface area contributed by atoms with Crippen molar-refractivity contribution in [2.75, 3.05) is 52.6 Å². The predicted molar refractivity (Wildman–Crippen MR) is 50.4 cm³/mol. The van der Waals surface area contributed by atoms with Gasteiger partial charge in [-0.05, 0) is 0 Å². The van der Waals surface area contributed by atoms with Crippen molar-refractivity contribution in [2.24, 2.45) is 0 Å².